The zero-order valence-corrected chi connectivity index (χ0v) is 19.8. The van der Waals surface area contributed by atoms with E-state index in [1.54, 1.807) is 0 Å². The van der Waals surface area contributed by atoms with Crippen molar-refractivity contribution in [3.63, 3.8) is 0 Å². The Labute approximate surface area is 195 Å². The number of unbranched alkanes of at least 4 members (excludes halogenated alkanes) is 9. The first kappa shape index (κ1) is 26.5. The van der Waals surface area contributed by atoms with Crippen molar-refractivity contribution in [1.82, 2.24) is 10.6 Å². The predicted molar refractivity (Wildman–Crippen MR) is 134 cm³/mol. The Balaban J connectivity index is 1.29. The first-order valence-electron chi connectivity index (χ1n) is 12.6. The van der Waals surface area contributed by atoms with Crippen LogP contribution in [0.1, 0.15) is 86.5 Å². The molecular formula is C28H44N2O2. The summed E-state index contributed by atoms with van der Waals surface area (Å²) in [6.07, 6.45) is 13.4. The third-order valence-electron chi connectivity index (χ3n) is 6.03. The first-order chi connectivity index (χ1) is 15.8. The number of aliphatic hydroxyl groups is 2. The fourth-order valence-electron chi connectivity index (χ4n) is 3.90. The average molecular weight is 441 g/mol. The van der Waals surface area contributed by atoms with E-state index in [9.17, 15) is 0 Å². The van der Waals surface area contributed by atoms with Crippen LogP contribution in [0.4, 0.5) is 0 Å². The van der Waals surface area contributed by atoms with Crippen LogP contribution in [0.2, 0.25) is 0 Å². The summed E-state index contributed by atoms with van der Waals surface area (Å²) in [4.78, 5) is 0. The quantitative estimate of drug-likeness (QED) is 0.219. The molecule has 0 aromatic heterocycles. The van der Waals surface area contributed by atoms with Crippen LogP contribution in [0.25, 0.3) is 0 Å². The maximum absolute atomic E-state index is 9.07. The van der Waals surface area contributed by atoms with E-state index in [1.165, 1.54) is 75.3 Å². The minimum Gasteiger partial charge on any atom is -0.392 e. The molecule has 0 spiro atoms. The molecule has 0 bridgehead atoms. The summed E-state index contributed by atoms with van der Waals surface area (Å²) >= 11 is 0. The lowest BCUT2D eigenvalue weighted by Crippen LogP contribution is -2.14. The van der Waals surface area contributed by atoms with Crippen LogP contribution in [0.3, 0.4) is 0 Å². The van der Waals surface area contributed by atoms with Gasteiger partial charge in [-0.05, 0) is 48.2 Å². The molecule has 4 heteroatoms. The molecule has 2 rings (SSSR count). The van der Waals surface area contributed by atoms with E-state index >= 15 is 0 Å². The molecule has 0 amide bonds. The van der Waals surface area contributed by atoms with Gasteiger partial charge in [-0.25, -0.2) is 0 Å². The molecule has 0 aliphatic heterocycles. The Morgan fingerprint density at radius 3 is 1.00 bits per heavy atom. The van der Waals surface area contributed by atoms with Crippen molar-refractivity contribution in [3.8, 4) is 0 Å². The summed E-state index contributed by atoms with van der Waals surface area (Å²) in [5, 5.41) is 25.2. The summed E-state index contributed by atoms with van der Waals surface area (Å²) < 4.78 is 0. The third-order valence-corrected chi connectivity index (χ3v) is 6.03. The average Bonchev–Trinajstić information content (AvgIpc) is 2.84. The number of hydrogen-bond acceptors (Lipinski definition) is 4. The molecule has 0 saturated heterocycles. The number of benzene rings is 2. The number of rotatable bonds is 19. The second-order valence-electron chi connectivity index (χ2n) is 8.84. The fraction of sp³-hybridized carbons (Fsp3) is 0.571. The van der Waals surface area contributed by atoms with Gasteiger partial charge in [0, 0.05) is 13.1 Å². The van der Waals surface area contributed by atoms with Crippen molar-refractivity contribution in [2.45, 2.75) is 90.5 Å². The molecule has 0 radical (unpaired) electrons. The Morgan fingerprint density at radius 2 is 0.688 bits per heavy atom. The maximum atomic E-state index is 9.07. The standard InChI is InChI=1S/C28H44N2O2/c31-23-27-15-11-25(12-16-27)21-29-19-9-7-5-3-1-2-4-6-8-10-20-30-22-26-13-17-28(24-32)18-14-26/h11-18,29-32H,1-10,19-24H2. The molecule has 0 fully saturated rings. The lowest BCUT2D eigenvalue weighted by atomic mass is 10.1. The molecule has 2 aromatic carbocycles. The minimum absolute atomic E-state index is 0.120. The van der Waals surface area contributed by atoms with E-state index in [2.05, 4.69) is 34.9 Å². The van der Waals surface area contributed by atoms with Gasteiger partial charge in [0.2, 0.25) is 0 Å². The van der Waals surface area contributed by atoms with Crippen LogP contribution < -0.4 is 10.6 Å². The molecule has 4 nitrogen and oxygen atoms in total. The van der Waals surface area contributed by atoms with E-state index in [0.717, 1.165) is 37.3 Å². The number of hydrogen-bond donors (Lipinski definition) is 4. The Bertz CT molecular complexity index is 624. The predicted octanol–water partition coefficient (Wildman–Crippen LogP) is 5.45. The summed E-state index contributed by atoms with van der Waals surface area (Å²) in [5.41, 5.74) is 4.52. The molecule has 0 atom stereocenters. The van der Waals surface area contributed by atoms with Gasteiger partial charge < -0.3 is 20.8 Å². The highest BCUT2D eigenvalue weighted by Crippen LogP contribution is 2.11. The maximum Gasteiger partial charge on any atom is 0.0681 e. The van der Waals surface area contributed by atoms with Gasteiger partial charge in [-0.3, -0.25) is 0 Å². The summed E-state index contributed by atoms with van der Waals surface area (Å²) in [6, 6.07) is 16.3. The van der Waals surface area contributed by atoms with Crippen LogP contribution >= 0.6 is 0 Å². The van der Waals surface area contributed by atoms with Crippen molar-refractivity contribution in [3.05, 3.63) is 70.8 Å². The zero-order valence-electron chi connectivity index (χ0n) is 19.8. The highest BCUT2D eigenvalue weighted by molar-refractivity contribution is 5.22. The van der Waals surface area contributed by atoms with Crippen LogP contribution in [-0.2, 0) is 26.3 Å². The van der Waals surface area contributed by atoms with Gasteiger partial charge >= 0.3 is 0 Å². The van der Waals surface area contributed by atoms with Crippen LogP contribution in [0.15, 0.2) is 48.5 Å². The van der Waals surface area contributed by atoms with Crippen LogP contribution in [0, 0.1) is 0 Å². The molecule has 0 aliphatic carbocycles. The molecule has 0 aliphatic rings. The molecule has 2 aromatic rings. The Kier molecular flexibility index (Phi) is 14.8. The van der Waals surface area contributed by atoms with Gasteiger partial charge in [0.1, 0.15) is 0 Å². The van der Waals surface area contributed by atoms with Crippen molar-refractivity contribution in [2.24, 2.45) is 0 Å². The van der Waals surface area contributed by atoms with Crippen LogP contribution in [-0.4, -0.2) is 23.3 Å². The van der Waals surface area contributed by atoms with Gasteiger partial charge in [-0.1, -0.05) is 99.9 Å². The van der Waals surface area contributed by atoms with E-state index in [1.807, 2.05) is 24.3 Å². The highest BCUT2D eigenvalue weighted by Gasteiger charge is 1.97. The topological polar surface area (TPSA) is 64.5 Å². The van der Waals surface area contributed by atoms with Gasteiger partial charge in [-0.2, -0.15) is 0 Å². The summed E-state index contributed by atoms with van der Waals surface area (Å²) in [5.74, 6) is 0. The van der Waals surface area contributed by atoms with E-state index in [0.29, 0.717) is 0 Å². The molecule has 0 heterocycles. The van der Waals surface area contributed by atoms with E-state index in [-0.39, 0.29) is 13.2 Å². The molecule has 0 unspecified atom stereocenters. The molecular weight excluding hydrogens is 396 g/mol. The van der Waals surface area contributed by atoms with Crippen molar-refractivity contribution >= 4 is 0 Å². The summed E-state index contributed by atoms with van der Waals surface area (Å²) in [6.45, 7) is 4.24. The zero-order chi connectivity index (χ0) is 22.7. The smallest absolute Gasteiger partial charge is 0.0681 e. The molecule has 4 N–H and O–H groups in total. The summed E-state index contributed by atoms with van der Waals surface area (Å²) in [7, 11) is 0. The third kappa shape index (κ3) is 12.4. The largest absolute Gasteiger partial charge is 0.392 e. The number of aliphatic hydroxyl groups excluding tert-OH is 2. The van der Waals surface area contributed by atoms with Crippen molar-refractivity contribution in [2.75, 3.05) is 13.1 Å². The fourth-order valence-corrected chi connectivity index (χ4v) is 3.90. The van der Waals surface area contributed by atoms with Gasteiger partial charge in [0.15, 0.2) is 0 Å². The Hall–Kier alpha value is -1.72. The first-order valence-corrected chi connectivity index (χ1v) is 12.6. The van der Waals surface area contributed by atoms with E-state index in [4.69, 9.17) is 10.2 Å². The van der Waals surface area contributed by atoms with E-state index < -0.39 is 0 Å². The van der Waals surface area contributed by atoms with Gasteiger partial charge in [-0.15, -0.1) is 0 Å². The van der Waals surface area contributed by atoms with Crippen LogP contribution in [0.5, 0.6) is 0 Å². The molecule has 32 heavy (non-hydrogen) atoms. The second kappa shape index (κ2) is 17.8. The molecule has 0 saturated carbocycles. The second-order valence-corrected chi connectivity index (χ2v) is 8.84. The van der Waals surface area contributed by atoms with Crippen molar-refractivity contribution < 1.29 is 10.2 Å². The van der Waals surface area contributed by atoms with Crippen molar-refractivity contribution in [1.29, 1.82) is 0 Å². The number of nitrogens with one attached hydrogen (secondary N) is 2. The monoisotopic (exact) mass is 440 g/mol. The van der Waals surface area contributed by atoms with Gasteiger partial charge in [0.05, 0.1) is 13.2 Å². The Morgan fingerprint density at radius 1 is 0.406 bits per heavy atom. The van der Waals surface area contributed by atoms with Gasteiger partial charge in [0.25, 0.3) is 0 Å². The molecule has 178 valence electrons. The SMILES string of the molecule is OCc1ccc(CNCCCCCCCCCCCCNCc2ccc(CO)cc2)cc1. The lowest BCUT2D eigenvalue weighted by molar-refractivity contribution is 0.281. The lowest BCUT2D eigenvalue weighted by Gasteiger charge is -2.07. The minimum atomic E-state index is 0.120. The highest BCUT2D eigenvalue weighted by atomic mass is 16.3. The normalized spacial score (nSPS) is 11.2.